The van der Waals surface area contributed by atoms with Crippen LogP contribution in [0, 0.1) is 0 Å². The number of carboxylic acid groups (broad SMARTS) is 1. The zero-order valence-electron chi connectivity index (χ0n) is 13.0. The second-order valence-electron chi connectivity index (χ2n) is 5.42. The standard InChI is InChI=1S/C16H22ClNO4/c1-3-7-22-15-12(17)8-11(9-14(15)21-2)10-18-6-4-5-13(18)16(19)20/h8-9,13H,3-7,10H2,1-2H3,(H,19,20)/t13-/m0/s1. The van der Waals surface area contributed by atoms with E-state index in [-0.39, 0.29) is 0 Å². The highest BCUT2D eigenvalue weighted by Gasteiger charge is 2.30. The van der Waals surface area contributed by atoms with E-state index in [1.807, 2.05) is 24.0 Å². The molecule has 5 nitrogen and oxygen atoms in total. The fraction of sp³-hybridized carbons (Fsp3) is 0.562. The highest BCUT2D eigenvalue weighted by Crippen LogP contribution is 2.37. The van der Waals surface area contributed by atoms with E-state index in [0.717, 1.165) is 24.9 Å². The van der Waals surface area contributed by atoms with Gasteiger partial charge in [0.05, 0.1) is 18.7 Å². The van der Waals surface area contributed by atoms with Gasteiger partial charge >= 0.3 is 5.97 Å². The van der Waals surface area contributed by atoms with Crippen LogP contribution < -0.4 is 9.47 Å². The third-order valence-electron chi connectivity index (χ3n) is 3.77. The van der Waals surface area contributed by atoms with Gasteiger partial charge in [-0.1, -0.05) is 18.5 Å². The van der Waals surface area contributed by atoms with Gasteiger partial charge < -0.3 is 14.6 Å². The number of hydrogen-bond donors (Lipinski definition) is 1. The number of rotatable bonds is 7. The number of likely N-dealkylation sites (tertiary alicyclic amines) is 1. The number of hydrogen-bond acceptors (Lipinski definition) is 4. The van der Waals surface area contributed by atoms with Gasteiger partial charge in [-0.05, 0) is 43.5 Å². The Morgan fingerprint density at radius 1 is 1.50 bits per heavy atom. The smallest absolute Gasteiger partial charge is 0.320 e. The number of methoxy groups -OCH3 is 1. The van der Waals surface area contributed by atoms with Gasteiger partial charge in [-0.3, -0.25) is 9.69 Å². The molecule has 122 valence electrons. The van der Waals surface area contributed by atoms with Crippen LogP contribution in [0.1, 0.15) is 31.7 Å². The molecule has 0 unspecified atom stereocenters. The maximum Gasteiger partial charge on any atom is 0.320 e. The molecule has 1 atom stereocenters. The molecule has 0 aliphatic carbocycles. The molecule has 22 heavy (non-hydrogen) atoms. The quantitative estimate of drug-likeness (QED) is 0.833. The predicted octanol–water partition coefficient (Wildman–Crippen LogP) is 3.19. The molecule has 0 radical (unpaired) electrons. The van der Waals surface area contributed by atoms with Crippen LogP contribution in [0.3, 0.4) is 0 Å². The molecule has 0 bridgehead atoms. The monoisotopic (exact) mass is 327 g/mol. The van der Waals surface area contributed by atoms with Gasteiger partial charge in [-0.15, -0.1) is 0 Å². The summed E-state index contributed by atoms with van der Waals surface area (Å²) >= 11 is 6.29. The van der Waals surface area contributed by atoms with Crippen molar-refractivity contribution in [3.63, 3.8) is 0 Å². The molecule has 0 spiro atoms. The fourth-order valence-electron chi connectivity index (χ4n) is 2.74. The zero-order chi connectivity index (χ0) is 16.1. The van der Waals surface area contributed by atoms with E-state index in [1.165, 1.54) is 0 Å². The first kappa shape index (κ1) is 16.9. The Hall–Kier alpha value is -1.46. The van der Waals surface area contributed by atoms with Gasteiger partial charge in [0.2, 0.25) is 0 Å². The largest absolute Gasteiger partial charge is 0.493 e. The molecule has 1 saturated heterocycles. The summed E-state index contributed by atoms with van der Waals surface area (Å²) in [5, 5.41) is 9.74. The lowest BCUT2D eigenvalue weighted by molar-refractivity contribution is -0.142. The normalized spacial score (nSPS) is 18.4. The number of nitrogens with zero attached hydrogens (tertiary/aromatic N) is 1. The average molecular weight is 328 g/mol. The molecule has 1 aliphatic heterocycles. The van der Waals surface area contributed by atoms with E-state index < -0.39 is 12.0 Å². The molecular formula is C16H22ClNO4. The Bertz CT molecular complexity index is 535. The highest BCUT2D eigenvalue weighted by molar-refractivity contribution is 6.32. The second-order valence-corrected chi connectivity index (χ2v) is 5.83. The molecule has 1 aromatic carbocycles. The Kier molecular flexibility index (Phi) is 5.91. The number of carboxylic acids is 1. The molecule has 1 aliphatic rings. The Balaban J connectivity index is 2.18. The lowest BCUT2D eigenvalue weighted by Gasteiger charge is -2.22. The summed E-state index contributed by atoms with van der Waals surface area (Å²) in [4.78, 5) is 13.2. The van der Waals surface area contributed by atoms with Gasteiger partial charge in [-0.2, -0.15) is 0 Å². The van der Waals surface area contributed by atoms with Crippen molar-refractivity contribution in [2.45, 2.75) is 38.8 Å². The minimum Gasteiger partial charge on any atom is -0.493 e. The molecule has 1 aromatic rings. The van der Waals surface area contributed by atoms with Crippen molar-refractivity contribution in [2.24, 2.45) is 0 Å². The molecule has 0 amide bonds. The van der Waals surface area contributed by atoms with E-state index in [2.05, 4.69) is 0 Å². The maximum atomic E-state index is 11.3. The molecule has 1 heterocycles. The van der Waals surface area contributed by atoms with Crippen molar-refractivity contribution in [2.75, 3.05) is 20.3 Å². The summed E-state index contributed by atoms with van der Waals surface area (Å²) in [5.41, 5.74) is 0.929. The number of aliphatic carboxylic acids is 1. The molecule has 0 saturated carbocycles. The molecule has 1 N–H and O–H groups in total. The minimum atomic E-state index is -0.765. The number of carbonyl (C=O) groups is 1. The number of ether oxygens (including phenoxy) is 2. The van der Waals surface area contributed by atoms with Crippen molar-refractivity contribution in [1.82, 2.24) is 4.90 Å². The van der Waals surface area contributed by atoms with Crippen LogP contribution in [0.2, 0.25) is 5.02 Å². The van der Waals surface area contributed by atoms with Crippen LogP contribution in [0.5, 0.6) is 11.5 Å². The average Bonchev–Trinajstić information content (AvgIpc) is 2.94. The first-order chi connectivity index (χ1) is 10.6. The summed E-state index contributed by atoms with van der Waals surface area (Å²) in [5.74, 6) is 0.367. The van der Waals surface area contributed by atoms with E-state index in [9.17, 15) is 9.90 Å². The van der Waals surface area contributed by atoms with Gasteiger partial charge in [0.1, 0.15) is 6.04 Å². The SMILES string of the molecule is CCCOc1c(Cl)cc(CN2CCC[C@H]2C(=O)O)cc1OC. The van der Waals surface area contributed by atoms with Crippen LogP contribution >= 0.6 is 11.6 Å². The van der Waals surface area contributed by atoms with Gasteiger partial charge in [-0.25, -0.2) is 0 Å². The second kappa shape index (κ2) is 7.70. The van der Waals surface area contributed by atoms with Crippen molar-refractivity contribution in [1.29, 1.82) is 0 Å². The van der Waals surface area contributed by atoms with Crippen LogP contribution in [0.25, 0.3) is 0 Å². The first-order valence-electron chi connectivity index (χ1n) is 7.52. The highest BCUT2D eigenvalue weighted by atomic mass is 35.5. The van der Waals surface area contributed by atoms with Crippen molar-refractivity contribution < 1.29 is 19.4 Å². The number of benzene rings is 1. The van der Waals surface area contributed by atoms with Crippen LogP contribution in [-0.4, -0.2) is 42.3 Å². The third kappa shape index (κ3) is 3.84. The van der Waals surface area contributed by atoms with E-state index in [4.69, 9.17) is 21.1 Å². The lowest BCUT2D eigenvalue weighted by Crippen LogP contribution is -2.35. The minimum absolute atomic E-state index is 0.416. The van der Waals surface area contributed by atoms with Crippen molar-refractivity contribution in [3.05, 3.63) is 22.7 Å². The summed E-state index contributed by atoms with van der Waals surface area (Å²) in [6, 6.07) is 3.28. The first-order valence-corrected chi connectivity index (χ1v) is 7.90. The van der Waals surface area contributed by atoms with Crippen LogP contribution in [0.15, 0.2) is 12.1 Å². The van der Waals surface area contributed by atoms with Crippen LogP contribution in [-0.2, 0) is 11.3 Å². The van der Waals surface area contributed by atoms with Crippen molar-refractivity contribution >= 4 is 17.6 Å². The van der Waals surface area contributed by atoms with E-state index >= 15 is 0 Å². The van der Waals surface area contributed by atoms with E-state index in [1.54, 1.807) is 7.11 Å². The molecule has 6 heteroatoms. The maximum absolute atomic E-state index is 11.3. The molecular weight excluding hydrogens is 306 g/mol. The Labute approximate surface area is 135 Å². The summed E-state index contributed by atoms with van der Waals surface area (Å²) in [7, 11) is 1.57. The molecule has 2 rings (SSSR count). The summed E-state index contributed by atoms with van der Waals surface area (Å²) < 4.78 is 11.0. The van der Waals surface area contributed by atoms with Gasteiger partial charge in [0.25, 0.3) is 0 Å². The Morgan fingerprint density at radius 3 is 2.91 bits per heavy atom. The fourth-order valence-corrected chi connectivity index (χ4v) is 3.03. The topological polar surface area (TPSA) is 59.0 Å². The van der Waals surface area contributed by atoms with Crippen LogP contribution in [0.4, 0.5) is 0 Å². The lowest BCUT2D eigenvalue weighted by atomic mass is 10.1. The number of halogens is 1. The van der Waals surface area contributed by atoms with E-state index in [0.29, 0.717) is 36.1 Å². The zero-order valence-corrected chi connectivity index (χ0v) is 13.7. The van der Waals surface area contributed by atoms with Gasteiger partial charge in [0.15, 0.2) is 11.5 Å². The summed E-state index contributed by atoms with van der Waals surface area (Å²) in [6.07, 6.45) is 2.48. The van der Waals surface area contributed by atoms with Gasteiger partial charge in [0, 0.05) is 6.54 Å². The van der Waals surface area contributed by atoms with Crippen molar-refractivity contribution in [3.8, 4) is 11.5 Å². The third-order valence-corrected chi connectivity index (χ3v) is 4.05. The molecule has 1 fully saturated rings. The summed E-state index contributed by atoms with van der Waals surface area (Å²) in [6.45, 7) is 3.92. The Morgan fingerprint density at radius 2 is 2.27 bits per heavy atom. The predicted molar refractivity (Wildman–Crippen MR) is 84.9 cm³/mol. The molecule has 0 aromatic heterocycles.